The molecule has 0 aliphatic rings. The molecule has 1 aromatic heterocycles. The first-order valence-corrected chi connectivity index (χ1v) is 11.3. The van der Waals surface area contributed by atoms with Crippen molar-refractivity contribution in [3.05, 3.63) is 65.5 Å². The third-order valence-electron chi connectivity index (χ3n) is 5.00. The summed E-state index contributed by atoms with van der Waals surface area (Å²) in [5.74, 6) is 1.25. The van der Waals surface area contributed by atoms with E-state index in [2.05, 4.69) is 15.3 Å². The molecular formula is C23H28N4O2S. The van der Waals surface area contributed by atoms with E-state index in [1.807, 2.05) is 69.3 Å². The molecule has 30 heavy (non-hydrogen) atoms. The van der Waals surface area contributed by atoms with Crippen molar-refractivity contribution in [3.8, 4) is 0 Å². The molecule has 158 valence electrons. The number of carbonyl (C=O) groups excluding carboxylic acids is 2. The van der Waals surface area contributed by atoms with Gasteiger partial charge < -0.3 is 15.2 Å². The summed E-state index contributed by atoms with van der Waals surface area (Å²) >= 11 is 1.55. The van der Waals surface area contributed by atoms with Gasteiger partial charge in [-0.05, 0) is 50.6 Å². The number of benzene rings is 2. The molecule has 2 N–H and O–H groups in total. The number of rotatable bonds is 9. The zero-order valence-electron chi connectivity index (χ0n) is 17.6. The van der Waals surface area contributed by atoms with Crippen molar-refractivity contribution >= 4 is 34.6 Å². The highest BCUT2D eigenvalue weighted by molar-refractivity contribution is 8.00. The van der Waals surface area contributed by atoms with Crippen molar-refractivity contribution < 1.29 is 9.59 Å². The minimum atomic E-state index is -0.0220. The van der Waals surface area contributed by atoms with E-state index in [0.717, 1.165) is 22.4 Å². The molecule has 2 aromatic carbocycles. The van der Waals surface area contributed by atoms with E-state index >= 15 is 0 Å². The van der Waals surface area contributed by atoms with Crippen LogP contribution in [0.1, 0.15) is 47.8 Å². The lowest BCUT2D eigenvalue weighted by Gasteiger charge is -2.18. The van der Waals surface area contributed by atoms with Crippen LogP contribution in [0.15, 0.2) is 48.5 Å². The fourth-order valence-electron chi connectivity index (χ4n) is 3.15. The summed E-state index contributed by atoms with van der Waals surface area (Å²) in [6.07, 6.45) is 0. The molecule has 0 saturated carbocycles. The second kappa shape index (κ2) is 10.3. The number of nitrogens with one attached hydrogen (secondary N) is 2. The Balaban J connectivity index is 1.46. The second-order valence-corrected chi connectivity index (χ2v) is 8.37. The highest BCUT2D eigenvalue weighted by atomic mass is 32.2. The number of para-hydroxylation sites is 2. The van der Waals surface area contributed by atoms with Gasteiger partial charge in [0.15, 0.2) is 0 Å². The first-order chi connectivity index (χ1) is 14.5. The van der Waals surface area contributed by atoms with Crippen molar-refractivity contribution in [2.24, 2.45) is 0 Å². The maximum absolute atomic E-state index is 12.4. The van der Waals surface area contributed by atoms with Crippen LogP contribution in [0, 0.1) is 0 Å². The predicted molar refractivity (Wildman–Crippen MR) is 123 cm³/mol. The summed E-state index contributed by atoms with van der Waals surface area (Å²) in [4.78, 5) is 34.3. The van der Waals surface area contributed by atoms with Gasteiger partial charge in [0, 0.05) is 25.2 Å². The lowest BCUT2D eigenvalue weighted by Crippen LogP contribution is -2.30. The van der Waals surface area contributed by atoms with Crippen LogP contribution in [0.2, 0.25) is 0 Å². The number of thioether (sulfide) groups is 1. The van der Waals surface area contributed by atoms with Crippen LogP contribution in [-0.2, 0) is 11.3 Å². The third kappa shape index (κ3) is 5.42. The molecule has 0 aliphatic heterocycles. The van der Waals surface area contributed by atoms with E-state index in [4.69, 9.17) is 0 Å². The van der Waals surface area contributed by atoms with Gasteiger partial charge in [-0.2, -0.15) is 0 Å². The number of carbonyl (C=O) groups is 2. The maximum atomic E-state index is 12.4. The lowest BCUT2D eigenvalue weighted by atomic mass is 10.1. The average molecular weight is 425 g/mol. The van der Waals surface area contributed by atoms with Crippen LogP contribution < -0.4 is 5.32 Å². The normalized spacial score (nSPS) is 12.0. The molecule has 0 radical (unpaired) electrons. The lowest BCUT2D eigenvalue weighted by molar-refractivity contribution is -0.118. The Labute approximate surface area is 181 Å². The zero-order chi connectivity index (χ0) is 21.5. The summed E-state index contributed by atoms with van der Waals surface area (Å²) in [5, 5.41) is 3.03. The highest BCUT2D eigenvalue weighted by Crippen LogP contribution is 2.27. The number of hydrogen-bond donors (Lipinski definition) is 2. The molecular weight excluding hydrogens is 396 g/mol. The molecule has 2 amide bonds. The van der Waals surface area contributed by atoms with Crippen LogP contribution in [-0.4, -0.2) is 45.5 Å². The van der Waals surface area contributed by atoms with Crippen LogP contribution in [0.4, 0.5) is 0 Å². The zero-order valence-corrected chi connectivity index (χ0v) is 18.5. The monoisotopic (exact) mass is 424 g/mol. The number of fused-ring (bicyclic) bond motifs is 1. The van der Waals surface area contributed by atoms with E-state index in [9.17, 15) is 9.59 Å². The SMILES string of the molecule is CCN(CC)C(=O)c1ccc(CNC(=O)CSC(C)c2nc3ccccc3[nH]2)cc1. The van der Waals surface area contributed by atoms with E-state index in [1.54, 1.807) is 16.7 Å². The van der Waals surface area contributed by atoms with Crippen molar-refractivity contribution in [2.75, 3.05) is 18.8 Å². The standard InChI is InChI=1S/C23H28N4O2S/c1-4-27(5-2)23(29)18-12-10-17(11-13-18)14-24-21(28)15-30-16(3)22-25-19-8-6-7-9-20(19)26-22/h6-13,16H,4-5,14-15H2,1-3H3,(H,24,28)(H,25,26). The van der Waals surface area contributed by atoms with Crippen molar-refractivity contribution in [1.29, 1.82) is 0 Å². The molecule has 1 unspecified atom stereocenters. The molecule has 7 heteroatoms. The number of aromatic amines is 1. The Morgan fingerprint density at radius 1 is 1.10 bits per heavy atom. The number of nitrogens with zero attached hydrogens (tertiary/aromatic N) is 2. The quantitative estimate of drug-likeness (QED) is 0.541. The van der Waals surface area contributed by atoms with Gasteiger partial charge in [-0.15, -0.1) is 11.8 Å². The van der Waals surface area contributed by atoms with Crippen molar-refractivity contribution in [2.45, 2.75) is 32.6 Å². The van der Waals surface area contributed by atoms with Gasteiger partial charge in [0.2, 0.25) is 5.91 Å². The topological polar surface area (TPSA) is 78.1 Å². The summed E-state index contributed by atoms with van der Waals surface area (Å²) in [7, 11) is 0. The first-order valence-electron chi connectivity index (χ1n) is 10.2. The Morgan fingerprint density at radius 3 is 2.47 bits per heavy atom. The third-order valence-corrected chi connectivity index (χ3v) is 6.15. The largest absolute Gasteiger partial charge is 0.351 e. The van der Waals surface area contributed by atoms with Gasteiger partial charge >= 0.3 is 0 Å². The van der Waals surface area contributed by atoms with Crippen molar-refractivity contribution in [3.63, 3.8) is 0 Å². The number of H-pyrrole nitrogens is 1. The Hall–Kier alpha value is -2.80. The molecule has 0 fully saturated rings. The smallest absolute Gasteiger partial charge is 0.253 e. The Kier molecular flexibility index (Phi) is 7.52. The maximum Gasteiger partial charge on any atom is 0.253 e. The van der Waals surface area contributed by atoms with Crippen LogP contribution in [0.5, 0.6) is 0 Å². The van der Waals surface area contributed by atoms with E-state index in [-0.39, 0.29) is 17.1 Å². The summed E-state index contributed by atoms with van der Waals surface area (Å²) in [6.45, 7) is 7.81. The second-order valence-electron chi connectivity index (χ2n) is 7.04. The summed E-state index contributed by atoms with van der Waals surface area (Å²) < 4.78 is 0. The van der Waals surface area contributed by atoms with Gasteiger partial charge in [-0.1, -0.05) is 24.3 Å². The van der Waals surface area contributed by atoms with E-state index < -0.39 is 0 Å². The van der Waals surface area contributed by atoms with Gasteiger partial charge in [0.1, 0.15) is 5.82 Å². The minimum absolute atomic E-state index is 0.0220. The van der Waals surface area contributed by atoms with Crippen LogP contribution in [0.25, 0.3) is 11.0 Å². The summed E-state index contributed by atoms with van der Waals surface area (Å²) in [6, 6.07) is 15.3. The van der Waals surface area contributed by atoms with E-state index in [0.29, 0.717) is 31.0 Å². The Morgan fingerprint density at radius 2 is 1.80 bits per heavy atom. The van der Waals surface area contributed by atoms with Gasteiger partial charge in [-0.3, -0.25) is 9.59 Å². The van der Waals surface area contributed by atoms with Crippen LogP contribution >= 0.6 is 11.8 Å². The number of imidazole rings is 1. The molecule has 6 nitrogen and oxygen atoms in total. The number of amides is 2. The number of hydrogen-bond acceptors (Lipinski definition) is 4. The predicted octanol–water partition coefficient (Wildman–Crippen LogP) is 4.16. The molecule has 1 atom stereocenters. The van der Waals surface area contributed by atoms with Gasteiger partial charge in [-0.25, -0.2) is 4.98 Å². The fourth-order valence-corrected chi connectivity index (χ4v) is 3.93. The molecule has 1 heterocycles. The highest BCUT2D eigenvalue weighted by Gasteiger charge is 2.14. The molecule has 0 bridgehead atoms. The fraction of sp³-hybridized carbons (Fsp3) is 0.348. The number of aromatic nitrogens is 2. The Bertz CT molecular complexity index is 963. The molecule has 0 saturated heterocycles. The van der Waals surface area contributed by atoms with Crippen molar-refractivity contribution in [1.82, 2.24) is 20.2 Å². The molecule has 0 aliphatic carbocycles. The van der Waals surface area contributed by atoms with Crippen LogP contribution in [0.3, 0.4) is 0 Å². The summed E-state index contributed by atoms with van der Waals surface area (Å²) in [5.41, 5.74) is 3.58. The molecule has 0 spiro atoms. The van der Waals surface area contributed by atoms with Gasteiger partial charge in [0.05, 0.1) is 22.0 Å². The van der Waals surface area contributed by atoms with Gasteiger partial charge in [0.25, 0.3) is 5.91 Å². The molecule has 3 rings (SSSR count). The first kappa shape index (κ1) is 21.9. The average Bonchev–Trinajstić information content (AvgIpc) is 3.21. The molecule has 3 aromatic rings. The van der Waals surface area contributed by atoms with E-state index in [1.165, 1.54) is 0 Å². The minimum Gasteiger partial charge on any atom is -0.351 e.